The average molecular weight is 245 g/mol. The van der Waals surface area contributed by atoms with Crippen LogP contribution >= 0.6 is 0 Å². The highest BCUT2D eigenvalue weighted by molar-refractivity contribution is 5.87. The van der Waals surface area contributed by atoms with Crippen molar-refractivity contribution in [2.75, 3.05) is 20.7 Å². The summed E-state index contributed by atoms with van der Waals surface area (Å²) in [5.41, 5.74) is 10.4. The lowest BCUT2D eigenvalue weighted by Crippen LogP contribution is -2.44. The Hall–Kier alpha value is -1.63. The van der Waals surface area contributed by atoms with E-state index < -0.39 is 11.9 Å². The molecule has 0 heterocycles. The van der Waals surface area contributed by atoms with E-state index in [0.29, 0.717) is 13.0 Å². The molecule has 98 valence electrons. The van der Waals surface area contributed by atoms with Crippen molar-refractivity contribution in [1.82, 2.24) is 4.90 Å². The highest BCUT2D eigenvalue weighted by atomic mass is 16.5. The Morgan fingerprint density at radius 3 is 2.41 bits per heavy atom. The number of hydrogen-bond donors (Lipinski definition) is 2. The van der Waals surface area contributed by atoms with Crippen molar-refractivity contribution in [3.05, 3.63) is 0 Å². The first kappa shape index (κ1) is 15.4. The van der Waals surface area contributed by atoms with E-state index >= 15 is 0 Å². The minimum Gasteiger partial charge on any atom is -0.469 e. The van der Waals surface area contributed by atoms with Crippen LogP contribution in [-0.2, 0) is 19.1 Å². The summed E-state index contributed by atoms with van der Waals surface area (Å²) in [4.78, 5) is 34.4. The summed E-state index contributed by atoms with van der Waals surface area (Å²) in [5.74, 6) is -1.31. The number of nitrogens with two attached hydrogens (primary N) is 2. The minimum atomic E-state index is -0.921. The van der Waals surface area contributed by atoms with Crippen molar-refractivity contribution in [1.29, 1.82) is 0 Å². The van der Waals surface area contributed by atoms with Gasteiger partial charge in [0.2, 0.25) is 11.8 Å². The van der Waals surface area contributed by atoms with Gasteiger partial charge in [-0.3, -0.25) is 14.4 Å². The average Bonchev–Trinajstić information content (AvgIpc) is 2.26. The quantitative estimate of drug-likeness (QED) is 0.535. The molecule has 0 rings (SSSR count). The zero-order chi connectivity index (χ0) is 13.4. The molecule has 0 fully saturated rings. The van der Waals surface area contributed by atoms with Crippen molar-refractivity contribution in [2.24, 2.45) is 11.5 Å². The van der Waals surface area contributed by atoms with Crippen LogP contribution in [0.15, 0.2) is 0 Å². The van der Waals surface area contributed by atoms with E-state index in [1.54, 1.807) is 7.05 Å². The molecule has 1 unspecified atom stereocenters. The number of methoxy groups -OCH3 is 1. The first-order valence-electron chi connectivity index (χ1n) is 5.24. The smallest absolute Gasteiger partial charge is 0.305 e. The molecule has 0 bridgehead atoms. The van der Waals surface area contributed by atoms with Gasteiger partial charge in [-0.05, 0) is 6.42 Å². The van der Waals surface area contributed by atoms with Crippen LogP contribution in [0.4, 0.5) is 0 Å². The van der Waals surface area contributed by atoms with E-state index in [1.807, 2.05) is 0 Å². The number of primary amides is 1. The monoisotopic (exact) mass is 245 g/mol. The summed E-state index contributed by atoms with van der Waals surface area (Å²) >= 11 is 0. The van der Waals surface area contributed by atoms with E-state index in [0.717, 1.165) is 0 Å². The fourth-order valence-corrected chi connectivity index (χ4v) is 1.26. The lowest BCUT2D eigenvalue weighted by molar-refractivity contribution is -0.141. The van der Waals surface area contributed by atoms with Gasteiger partial charge in [0.1, 0.15) is 0 Å². The summed E-state index contributed by atoms with van der Waals surface area (Å²) in [5, 5.41) is 0. The minimum absolute atomic E-state index is 0.180. The Morgan fingerprint density at radius 1 is 1.35 bits per heavy atom. The van der Waals surface area contributed by atoms with E-state index in [9.17, 15) is 14.4 Å². The molecule has 2 amide bonds. The number of carbonyl (C=O) groups excluding carboxylic acids is 3. The molecule has 17 heavy (non-hydrogen) atoms. The number of carbonyl (C=O) groups is 3. The second-order valence-electron chi connectivity index (χ2n) is 3.72. The molecule has 0 spiro atoms. The van der Waals surface area contributed by atoms with E-state index in [-0.39, 0.29) is 24.7 Å². The molecular weight excluding hydrogens is 226 g/mol. The number of ether oxygens (including phenoxy) is 1. The Morgan fingerprint density at radius 2 is 1.94 bits per heavy atom. The molecule has 0 saturated carbocycles. The highest BCUT2D eigenvalue weighted by Gasteiger charge is 2.19. The summed E-state index contributed by atoms with van der Waals surface area (Å²) in [7, 11) is 2.86. The molecular formula is C10H19N3O4. The Kier molecular flexibility index (Phi) is 6.88. The summed E-state index contributed by atoms with van der Waals surface area (Å²) in [6.07, 6.45) is 0.539. The molecule has 0 radical (unpaired) electrons. The summed E-state index contributed by atoms with van der Waals surface area (Å²) < 4.78 is 4.46. The number of esters is 1. The maximum atomic E-state index is 11.6. The van der Waals surface area contributed by atoms with Crippen molar-refractivity contribution in [3.63, 3.8) is 0 Å². The predicted octanol–water partition coefficient (Wildman–Crippen LogP) is -1.40. The Balaban J connectivity index is 3.96. The molecule has 0 aliphatic rings. The first-order valence-corrected chi connectivity index (χ1v) is 5.24. The molecule has 0 aromatic rings. The van der Waals surface area contributed by atoms with Crippen molar-refractivity contribution in [3.8, 4) is 0 Å². The topological polar surface area (TPSA) is 116 Å². The molecule has 0 aliphatic heterocycles. The molecule has 0 aliphatic carbocycles. The molecule has 1 atom stereocenters. The predicted molar refractivity (Wildman–Crippen MR) is 60.7 cm³/mol. The first-order chi connectivity index (χ1) is 7.88. The number of amides is 2. The molecule has 4 N–H and O–H groups in total. The van der Waals surface area contributed by atoms with Gasteiger partial charge in [0.25, 0.3) is 0 Å². The second kappa shape index (κ2) is 7.61. The number of nitrogens with zero attached hydrogens (tertiary/aromatic N) is 1. The van der Waals surface area contributed by atoms with Gasteiger partial charge in [-0.15, -0.1) is 0 Å². The fourth-order valence-electron chi connectivity index (χ4n) is 1.26. The zero-order valence-corrected chi connectivity index (χ0v) is 10.1. The summed E-state index contributed by atoms with van der Waals surface area (Å²) in [6, 6.07) is -0.921. The Labute approximate surface area is 100 Å². The molecule has 0 aromatic carbocycles. The molecule has 7 heteroatoms. The van der Waals surface area contributed by atoms with Crippen molar-refractivity contribution >= 4 is 17.8 Å². The molecule has 0 saturated heterocycles. The fraction of sp³-hybridized carbons (Fsp3) is 0.700. The van der Waals surface area contributed by atoms with Crippen LogP contribution in [0.25, 0.3) is 0 Å². The van der Waals surface area contributed by atoms with Crippen molar-refractivity contribution in [2.45, 2.75) is 25.3 Å². The normalized spacial score (nSPS) is 11.7. The van der Waals surface area contributed by atoms with E-state index in [4.69, 9.17) is 11.5 Å². The standard InChI is InChI=1S/C10H19N3O4/c1-13(5-3-4-9(15)17-2)10(16)7(11)6-8(12)14/h7H,3-6,11H2,1-2H3,(H2,12,14). The number of rotatable bonds is 7. The Bertz CT molecular complexity index is 293. The molecule has 0 aromatic heterocycles. The van der Waals surface area contributed by atoms with Gasteiger partial charge in [-0.1, -0.05) is 0 Å². The van der Waals surface area contributed by atoms with Crippen LogP contribution in [0.3, 0.4) is 0 Å². The third-order valence-corrected chi connectivity index (χ3v) is 2.22. The van der Waals surface area contributed by atoms with Crippen LogP contribution in [0.1, 0.15) is 19.3 Å². The maximum absolute atomic E-state index is 11.6. The van der Waals surface area contributed by atoms with Crippen LogP contribution in [0, 0.1) is 0 Å². The van der Waals surface area contributed by atoms with Gasteiger partial charge in [0, 0.05) is 20.0 Å². The zero-order valence-electron chi connectivity index (χ0n) is 10.1. The highest BCUT2D eigenvalue weighted by Crippen LogP contribution is 1.99. The third-order valence-electron chi connectivity index (χ3n) is 2.22. The lowest BCUT2D eigenvalue weighted by Gasteiger charge is -2.20. The van der Waals surface area contributed by atoms with Crippen molar-refractivity contribution < 1.29 is 19.1 Å². The van der Waals surface area contributed by atoms with Gasteiger partial charge < -0.3 is 21.1 Å². The van der Waals surface area contributed by atoms with Crippen LogP contribution in [0.5, 0.6) is 0 Å². The second-order valence-corrected chi connectivity index (χ2v) is 3.72. The SMILES string of the molecule is COC(=O)CCCN(C)C(=O)C(N)CC(N)=O. The lowest BCUT2D eigenvalue weighted by atomic mass is 10.2. The van der Waals surface area contributed by atoms with Gasteiger partial charge in [0.05, 0.1) is 19.6 Å². The van der Waals surface area contributed by atoms with Crippen LogP contribution in [0.2, 0.25) is 0 Å². The van der Waals surface area contributed by atoms with Gasteiger partial charge >= 0.3 is 5.97 Å². The van der Waals surface area contributed by atoms with E-state index in [1.165, 1.54) is 12.0 Å². The molecule has 7 nitrogen and oxygen atoms in total. The van der Waals surface area contributed by atoms with Gasteiger partial charge in [0.15, 0.2) is 0 Å². The maximum Gasteiger partial charge on any atom is 0.305 e. The number of hydrogen-bond acceptors (Lipinski definition) is 5. The largest absolute Gasteiger partial charge is 0.469 e. The summed E-state index contributed by atoms with van der Waals surface area (Å²) in [6.45, 7) is 0.375. The van der Waals surface area contributed by atoms with Crippen LogP contribution in [-0.4, -0.2) is 49.4 Å². The van der Waals surface area contributed by atoms with Gasteiger partial charge in [-0.25, -0.2) is 0 Å². The van der Waals surface area contributed by atoms with Crippen LogP contribution < -0.4 is 11.5 Å². The third kappa shape index (κ3) is 6.52. The van der Waals surface area contributed by atoms with E-state index in [2.05, 4.69) is 4.74 Å². The number of likely N-dealkylation sites (N-methyl/N-ethyl adjacent to an activating group) is 1. The van der Waals surface area contributed by atoms with Gasteiger partial charge in [-0.2, -0.15) is 0 Å².